The van der Waals surface area contributed by atoms with Gasteiger partial charge in [-0.05, 0) is 36.8 Å². The van der Waals surface area contributed by atoms with Crippen LogP contribution in [0.4, 0.5) is 4.39 Å². The summed E-state index contributed by atoms with van der Waals surface area (Å²) in [6.45, 7) is 6.73. The standard InChI is InChI=1S/C10H22FIOSi/c1-4-7-10(11)14(2,3)13-9-6-5-8-12/h10H,4-9H2,1-3H3. The number of alkyl halides is 2. The summed E-state index contributed by atoms with van der Waals surface area (Å²) in [5.74, 6) is -0.702. The third-order valence-electron chi connectivity index (χ3n) is 2.30. The van der Waals surface area contributed by atoms with Crippen LogP contribution in [-0.2, 0) is 4.43 Å². The molecule has 0 aliphatic rings. The molecule has 0 aliphatic heterocycles. The van der Waals surface area contributed by atoms with E-state index in [4.69, 9.17) is 4.43 Å². The van der Waals surface area contributed by atoms with E-state index in [9.17, 15) is 4.39 Å². The van der Waals surface area contributed by atoms with E-state index in [0.29, 0.717) is 6.42 Å². The van der Waals surface area contributed by atoms with Crippen LogP contribution in [0.3, 0.4) is 0 Å². The molecule has 0 fully saturated rings. The van der Waals surface area contributed by atoms with Crippen molar-refractivity contribution in [3.63, 3.8) is 0 Å². The first-order valence-corrected chi connectivity index (χ1v) is 9.89. The SMILES string of the molecule is CCCC(F)[Si](C)(C)OCCCCI. The third kappa shape index (κ3) is 6.34. The van der Waals surface area contributed by atoms with E-state index in [1.165, 1.54) is 6.42 Å². The van der Waals surface area contributed by atoms with Crippen molar-refractivity contribution in [2.75, 3.05) is 11.0 Å². The van der Waals surface area contributed by atoms with Crippen LogP contribution in [0, 0.1) is 0 Å². The Hall–Kier alpha value is 0.837. The van der Waals surface area contributed by atoms with Crippen molar-refractivity contribution in [2.45, 2.75) is 51.5 Å². The van der Waals surface area contributed by atoms with Gasteiger partial charge in [-0.1, -0.05) is 35.9 Å². The summed E-state index contributed by atoms with van der Waals surface area (Å²) in [5, 5.41) is 0. The Morgan fingerprint density at radius 2 is 2.00 bits per heavy atom. The van der Waals surface area contributed by atoms with Crippen LogP contribution < -0.4 is 0 Å². The molecule has 1 atom stereocenters. The first-order chi connectivity index (χ1) is 6.54. The van der Waals surface area contributed by atoms with Crippen LogP contribution in [0.1, 0.15) is 32.6 Å². The maximum absolute atomic E-state index is 13.6. The van der Waals surface area contributed by atoms with E-state index in [0.717, 1.165) is 23.9 Å². The van der Waals surface area contributed by atoms with Gasteiger partial charge >= 0.3 is 0 Å². The largest absolute Gasteiger partial charge is 0.414 e. The van der Waals surface area contributed by atoms with Crippen molar-refractivity contribution in [3.8, 4) is 0 Å². The minimum absolute atomic E-state index is 0.658. The summed E-state index contributed by atoms with van der Waals surface area (Å²) >= 11 is 2.36. The molecule has 0 aromatic carbocycles. The lowest BCUT2D eigenvalue weighted by molar-refractivity contribution is 0.256. The molecule has 1 nitrogen and oxygen atoms in total. The summed E-state index contributed by atoms with van der Waals surface area (Å²) in [7, 11) is -2.05. The highest BCUT2D eigenvalue weighted by molar-refractivity contribution is 14.1. The summed E-state index contributed by atoms with van der Waals surface area (Å²) in [6.07, 6.45) is 3.81. The lowest BCUT2D eigenvalue weighted by Gasteiger charge is -2.26. The van der Waals surface area contributed by atoms with Gasteiger partial charge < -0.3 is 4.43 Å². The van der Waals surface area contributed by atoms with E-state index >= 15 is 0 Å². The Morgan fingerprint density at radius 1 is 1.36 bits per heavy atom. The lowest BCUT2D eigenvalue weighted by Crippen LogP contribution is -2.42. The molecular formula is C10H22FIOSi. The summed E-state index contributed by atoms with van der Waals surface area (Å²) < 4.78 is 20.5. The van der Waals surface area contributed by atoms with Crippen molar-refractivity contribution in [1.82, 2.24) is 0 Å². The van der Waals surface area contributed by atoms with Gasteiger partial charge in [0.05, 0.1) is 0 Å². The number of rotatable bonds is 8. The first-order valence-electron chi connectivity index (χ1n) is 5.38. The van der Waals surface area contributed by atoms with Crippen molar-refractivity contribution < 1.29 is 8.82 Å². The second kappa shape index (κ2) is 8.04. The van der Waals surface area contributed by atoms with Gasteiger partial charge in [-0.25, -0.2) is 4.39 Å². The topological polar surface area (TPSA) is 9.23 Å². The molecular weight excluding hydrogens is 310 g/mol. The minimum atomic E-state index is -2.05. The van der Waals surface area contributed by atoms with Gasteiger partial charge in [-0.15, -0.1) is 0 Å². The van der Waals surface area contributed by atoms with Crippen molar-refractivity contribution in [2.24, 2.45) is 0 Å². The molecule has 0 spiro atoms. The zero-order chi connectivity index (χ0) is 11.0. The third-order valence-corrected chi connectivity index (χ3v) is 5.81. The monoisotopic (exact) mass is 332 g/mol. The van der Waals surface area contributed by atoms with E-state index < -0.39 is 14.1 Å². The summed E-state index contributed by atoms with van der Waals surface area (Å²) in [6, 6.07) is 0. The smallest absolute Gasteiger partial charge is 0.221 e. The first kappa shape index (κ1) is 14.8. The Labute approximate surface area is 102 Å². The van der Waals surface area contributed by atoms with Crippen molar-refractivity contribution in [1.29, 1.82) is 0 Å². The average Bonchev–Trinajstić information content (AvgIpc) is 2.13. The second-order valence-corrected chi connectivity index (χ2v) is 9.31. The molecule has 0 heterocycles. The fourth-order valence-electron chi connectivity index (χ4n) is 1.22. The van der Waals surface area contributed by atoms with E-state index in [-0.39, 0.29) is 0 Å². The predicted molar refractivity (Wildman–Crippen MR) is 71.4 cm³/mol. The van der Waals surface area contributed by atoms with Gasteiger partial charge in [-0.3, -0.25) is 0 Å². The van der Waals surface area contributed by atoms with Crippen LogP contribution in [0.2, 0.25) is 13.1 Å². The van der Waals surface area contributed by atoms with Crippen LogP contribution >= 0.6 is 22.6 Å². The molecule has 0 rings (SSSR count). The Bertz CT molecular complexity index is 144. The summed E-state index contributed by atoms with van der Waals surface area (Å²) in [5.41, 5.74) is 0. The van der Waals surface area contributed by atoms with Gasteiger partial charge in [0.15, 0.2) is 0 Å². The lowest BCUT2D eigenvalue weighted by atomic mass is 10.4. The molecule has 0 bridgehead atoms. The molecule has 1 unspecified atom stereocenters. The highest BCUT2D eigenvalue weighted by Gasteiger charge is 2.33. The highest BCUT2D eigenvalue weighted by Crippen LogP contribution is 2.18. The van der Waals surface area contributed by atoms with Crippen molar-refractivity contribution in [3.05, 3.63) is 0 Å². The molecule has 0 amide bonds. The van der Waals surface area contributed by atoms with Gasteiger partial charge in [0, 0.05) is 6.61 Å². The highest BCUT2D eigenvalue weighted by atomic mass is 127. The maximum atomic E-state index is 13.6. The number of halogens is 2. The molecule has 0 saturated heterocycles. The van der Waals surface area contributed by atoms with Gasteiger partial charge in [-0.2, -0.15) is 0 Å². The van der Waals surface area contributed by atoms with Crippen LogP contribution in [-0.4, -0.2) is 25.1 Å². The Kier molecular flexibility index (Phi) is 8.52. The normalized spacial score (nSPS) is 14.4. The predicted octanol–water partition coefficient (Wildman–Crippen LogP) is 4.10. The minimum Gasteiger partial charge on any atom is -0.414 e. The molecule has 0 aromatic rings. The van der Waals surface area contributed by atoms with Gasteiger partial charge in [0.1, 0.15) is 5.79 Å². The van der Waals surface area contributed by atoms with Crippen LogP contribution in [0.25, 0.3) is 0 Å². The van der Waals surface area contributed by atoms with Crippen molar-refractivity contribution >= 4 is 30.9 Å². The molecule has 4 heteroatoms. The number of hydrogen-bond acceptors (Lipinski definition) is 1. The Balaban J connectivity index is 3.69. The molecule has 0 aliphatic carbocycles. The fraction of sp³-hybridized carbons (Fsp3) is 1.00. The zero-order valence-electron chi connectivity index (χ0n) is 9.48. The van der Waals surface area contributed by atoms with Crippen LogP contribution in [0.5, 0.6) is 0 Å². The molecule has 0 aromatic heterocycles. The summed E-state index contributed by atoms with van der Waals surface area (Å²) in [4.78, 5) is 0. The zero-order valence-corrected chi connectivity index (χ0v) is 12.6. The molecule has 14 heavy (non-hydrogen) atoms. The number of hydrogen-bond donors (Lipinski definition) is 0. The van der Waals surface area contributed by atoms with Crippen LogP contribution in [0.15, 0.2) is 0 Å². The second-order valence-electron chi connectivity index (χ2n) is 4.10. The molecule has 0 saturated carbocycles. The number of unbranched alkanes of at least 4 members (excludes halogenated alkanes) is 1. The maximum Gasteiger partial charge on any atom is 0.221 e. The Morgan fingerprint density at radius 3 is 2.50 bits per heavy atom. The quantitative estimate of drug-likeness (QED) is 0.281. The molecule has 0 N–H and O–H groups in total. The van der Waals surface area contributed by atoms with E-state index in [2.05, 4.69) is 22.6 Å². The molecule has 86 valence electrons. The van der Waals surface area contributed by atoms with E-state index in [1.54, 1.807) is 0 Å². The van der Waals surface area contributed by atoms with Gasteiger partial charge in [0.25, 0.3) is 0 Å². The molecule has 0 radical (unpaired) electrons. The average molecular weight is 332 g/mol. The van der Waals surface area contributed by atoms with Gasteiger partial charge in [0.2, 0.25) is 8.32 Å². The van der Waals surface area contributed by atoms with E-state index in [1.807, 2.05) is 20.0 Å². The fourth-order valence-corrected chi connectivity index (χ4v) is 3.60.